The summed E-state index contributed by atoms with van der Waals surface area (Å²) in [7, 11) is 0. The molecule has 0 radical (unpaired) electrons. The lowest BCUT2D eigenvalue weighted by Crippen LogP contribution is -2.40. The second-order valence-electron chi connectivity index (χ2n) is 5.30. The number of carbonyl (C=O) groups excluding carboxylic acids is 1. The van der Waals surface area contributed by atoms with Crippen LogP contribution in [0.4, 0.5) is 0 Å². The van der Waals surface area contributed by atoms with Crippen molar-refractivity contribution in [1.29, 1.82) is 0 Å². The van der Waals surface area contributed by atoms with Gasteiger partial charge in [0.15, 0.2) is 0 Å². The normalized spacial score (nSPS) is 27.7. The number of carbonyl (C=O) groups is 2. The van der Waals surface area contributed by atoms with E-state index in [-0.39, 0.29) is 24.0 Å². The molecule has 2 fully saturated rings. The van der Waals surface area contributed by atoms with Crippen LogP contribution in [0.25, 0.3) is 0 Å². The minimum atomic E-state index is -0.842. The molecule has 0 aromatic carbocycles. The Labute approximate surface area is 107 Å². The van der Waals surface area contributed by atoms with Gasteiger partial charge in [-0.25, -0.2) is 0 Å². The van der Waals surface area contributed by atoms with Gasteiger partial charge in [-0.3, -0.25) is 9.59 Å². The maximum Gasteiger partial charge on any atom is 0.308 e. The van der Waals surface area contributed by atoms with E-state index in [0.29, 0.717) is 13.2 Å². The molecule has 1 N–H and O–H groups in total. The Hall–Kier alpha value is -1.10. The minimum Gasteiger partial charge on any atom is -0.481 e. The Morgan fingerprint density at radius 3 is 2.61 bits per heavy atom. The van der Waals surface area contributed by atoms with Gasteiger partial charge >= 0.3 is 5.97 Å². The highest BCUT2D eigenvalue weighted by Gasteiger charge is 2.48. The van der Waals surface area contributed by atoms with Gasteiger partial charge in [-0.2, -0.15) is 0 Å². The molecule has 0 heterocycles. The van der Waals surface area contributed by atoms with Crippen LogP contribution in [0.2, 0.25) is 0 Å². The molecule has 0 bridgehead atoms. The lowest BCUT2D eigenvalue weighted by atomic mass is 10.1. The fourth-order valence-electron chi connectivity index (χ4n) is 2.22. The summed E-state index contributed by atoms with van der Waals surface area (Å²) in [6, 6.07) is 0.266. The molecule has 0 aromatic rings. The number of hydrogen-bond acceptors (Lipinski definition) is 3. The molecule has 2 saturated carbocycles. The van der Waals surface area contributed by atoms with Crippen LogP contribution in [0.1, 0.15) is 33.1 Å². The van der Waals surface area contributed by atoms with Crippen molar-refractivity contribution in [3.63, 3.8) is 0 Å². The quantitative estimate of drug-likeness (QED) is 0.740. The summed E-state index contributed by atoms with van der Waals surface area (Å²) in [5, 5.41) is 8.94. The van der Waals surface area contributed by atoms with E-state index in [9.17, 15) is 9.59 Å². The van der Waals surface area contributed by atoms with Crippen molar-refractivity contribution >= 4 is 11.9 Å². The van der Waals surface area contributed by atoms with Crippen molar-refractivity contribution in [3.8, 4) is 0 Å². The second kappa shape index (κ2) is 5.26. The molecule has 0 spiro atoms. The Morgan fingerprint density at radius 2 is 2.11 bits per heavy atom. The van der Waals surface area contributed by atoms with Crippen LogP contribution >= 0.6 is 0 Å². The summed E-state index contributed by atoms with van der Waals surface area (Å²) >= 11 is 0. The van der Waals surface area contributed by atoms with Gasteiger partial charge in [0.25, 0.3) is 0 Å². The largest absolute Gasteiger partial charge is 0.481 e. The van der Waals surface area contributed by atoms with E-state index in [4.69, 9.17) is 9.84 Å². The first-order valence-electron chi connectivity index (χ1n) is 6.69. The van der Waals surface area contributed by atoms with E-state index in [1.54, 1.807) is 11.8 Å². The number of carboxylic acid groups (broad SMARTS) is 1. The predicted molar refractivity (Wildman–Crippen MR) is 65.1 cm³/mol. The zero-order chi connectivity index (χ0) is 13.3. The second-order valence-corrected chi connectivity index (χ2v) is 5.30. The number of amides is 1. The molecule has 2 rings (SSSR count). The molecule has 18 heavy (non-hydrogen) atoms. The monoisotopic (exact) mass is 255 g/mol. The lowest BCUT2D eigenvalue weighted by molar-refractivity contribution is -0.143. The standard InChI is InChI=1S/C13H21NO4/c1-3-18-11-6-10(11)12(15)14(9-4-5-9)7-8(2)13(16)17/h8-11H,3-7H2,1-2H3,(H,16,17)/t8-,10+,11-/m1/s1. The molecule has 2 aliphatic carbocycles. The van der Waals surface area contributed by atoms with E-state index in [2.05, 4.69) is 0 Å². The van der Waals surface area contributed by atoms with Crippen LogP contribution in [0.3, 0.4) is 0 Å². The Balaban J connectivity index is 1.90. The molecule has 5 nitrogen and oxygen atoms in total. The maximum atomic E-state index is 12.3. The smallest absolute Gasteiger partial charge is 0.308 e. The zero-order valence-electron chi connectivity index (χ0n) is 11.0. The van der Waals surface area contributed by atoms with Gasteiger partial charge in [-0.05, 0) is 26.2 Å². The summed E-state index contributed by atoms with van der Waals surface area (Å²) in [4.78, 5) is 24.9. The van der Waals surface area contributed by atoms with Crippen molar-refractivity contribution in [2.45, 2.75) is 45.3 Å². The van der Waals surface area contributed by atoms with Crippen molar-refractivity contribution in [1.82, 2.24) is 4.90 Å². The highest BCUT2D eigenvalue weighted by molar-refractivity contribution is 5.83. The molecule has 0 saturated heterocycles. The molecule has 102 valence electrons. The molecular formula is C13H21NO4. The highest BCUT2D eigenvalue weighted by Crippen LogP contribution is 2.38. The highest BCUT2D eigenvalue weighted by atomic mass is 16.5. The topological polar surface area (TPSA) is 66.8 Å². The third kappa shape index (κ3) is 3.02. The van der Waals surface area contributed by atoms with Gasteiger partial charge < -0.3 is 14.7 Å². The van der Waals surface area contributed by atoms with E-state index in [0.717, 1.165) is 19.3 Å². The summed E-state index contributed by atoms with van der Waals surface area (Å²) in [5.41, 5.74) is 0. The first-order chi connectivity index (χ1) is 8.54. The predicted octanol–water partition coefficient (Wildman–Crippen LogP) is 1.12. The third-order valence-electron chi connectivity index (χ3n) is 3.59. The van der Waals surface area contributed by atoms with Gasteiger partial charge in [0.2, 0.25) is 5.91 Å². The number of rotatable bonds is 7. The first kappa shape index (κ1) is 13.3. The van der Waals surface area contributed by atoms with Crippen molar-refractivity contribution < 1.29 is 19.4 Å². The summed E-state index contributed by atoms with van der Waals surface area (Å²) in [6.45, 7) is 4.53. The zero-order valence-corrected chi connectivity index (χ0v) is 11.0. The van der Waals surface area contributed by atoms with Gasteiger partial charge in [0, 0.05) is 19.2 Å². The Morgan fingerprint density at radius 1 is 1.44 bits per heavy atom. The van der Waals surface area contributed by atoms with Crippen molar-refractivity contribution in [2.24, 2.45) is 11.8 Å². The van der Waals surface area contributed by atoms with Gasteiger partial charge in [0.1, 0.15) is 0 Å². The Kier molecular flexibility index (Phi) is 3.90. The van der Waals surface area contributed by atoms with E-state index in [1.807, 2.05) is 6.92 Å². The van der Waals surface area contributed by atoms with Crippen molar-refractivity contribution in [2.75, 3.05) is 13.2 Å². The number of carboxylic acids is 1. The maximum absolute atomic E-state index is 12.3. The molecule has 2 aliphatic rings. The minimum absolute atomic E-state index is 0.0356. The fraction of sp³-hybridized carbons (Fsp3) is 0.846. The number of aliphatic carboxylic acids is 1. The van der Waals surface area contributed by atoms with Crippen LogP contribution < -0.4 is 0 Å². The fourth-order valence-corrected chi connectivity index (χ4v) is 2.22. The average molecular weight is 255 g/mol. The van der Waals surface area contributed by atoms with Crippen LogP contribution in [0.15, 0.2) is 0 Å². The van der Waals surface area contributed by atoms with Crippen LogP contribution in [0.5, 0.6) is 0 Å². The van der Waals surface area contributed by atoms with Gasteiger partial charge in [-0.1, -0.05) is 6.92 Å². The molecule has 5 heteroatoms. The molecule has 3 atom stereocenters. The third-order valence-corrected chi connectivity index (χ3v) is 3.59. The summed E-state index contributed by atoms with van der Waals surface area (Å²) in [6.07, 6.45) is 2.86. The number of hydrogen-bond donors (Lipinski definition) is 1. The summed E-state index contributed by atoms with van der Waals surface area (Å²) in [5.74, 6) is -1.29. The van der Waals surface area contributed by atoms with Crippen molar-refractivity contribution in [3.05, 3.63) is 0 Å². The molecule has 1 amide bonds. The summed E-state index contributed by atoms with van der Waals surface area (Å²) < 4.78 is 5.43. The SMILES string of the molecule is CCO[C@@H]1C[C@@H]1C(=O)N(C[C@@H](C)C(=O)O)C1CC1. The molecular weight excluding hydrogens is 234 g/mol. The Bertz CT molecular complexity index is 340. The van der Waals surface area contributed by atoms with Crippen LogP contribution in [0, 0.1) is 11.8 Å². The van der Waals surface area contributed by atoms with E-state index in [1.165, 1.54) is 0 Å². The van der Waals surface area contributed by atoms with Crippen LogP contribution in [-0.4, -0.2) is 47.2 Å². The van der Waals surface area contributed by atoms with Gasteiger partial charge in [-0.15, -0.1) is 0 Å². The van der Waals surface area contributed by atoms with E-state index < -0.39 is 11.9 Å². The van der Waals surface area contributed by atoms with Crippen LogP contribution in [-0.2, 0) is 14.3 Å². The lowest BCUT2D eigenvalue weighted by Gasteiger charge is -2.24. The first-order valence-corrected chi connectivity index (χ1v) is 6.69. The number of ether oxygens (including phenoxy) is 1. The van der Waals surface area contributed by atoms with E-state index >= 15 is 0 Å². The molecule has 0 aliphatic heterocycles. The average Bonchev–Trinajstić information content (AvgIpc) is 3.18. The van der Waals surface area contributed by atoms with Gasteiger partial charge in [0.05, 0.1) is 17.9 Å². The number of nitrogens with zero attached hydrogens (tertiary/aromatic N) is 1. The molecule has 0 aromatic heterocycles. The molecule has 0 unspecified atom stereocenters.